The number of aryl methyl sites for hydroxylation is 2. The fourth-order valence-corrected chi connectivity index (χ4v) is 5.68. The van der Waals surface area contributed by atoms with Crippen LogP contribution in [0.2, 0.25) is 0 Å². The van der Waals surface area contributed by atoms with Gasteiger partial charge in [-0.05, 0) is 63.3 Å². The molecular weight excluding hydrogens is 737 g/mol. The molecule has 0 bridgehead atoms. The summed E-state index contributed by atoms with van der Waals surface area (Å²) in [5, 5.41) is 5.11. The number of rotatable bonds is 4. The largest absolute Gasteiger partial charge is 0.305 e. The molecule has 1 radical (unpaired) electrons. The van der Waals surface area contributed by atoms with Gasteiger partial charge in [0.05, 0.1) is 0 Å². The first-order chi connectivity index (χ1) is 21.7. The van der Waals surface area contributed by atoms with Crippen molar-refractivity contribution in [1.82, 2.24) is 9.97 Å². The van der Waals surface area contributed by atoms with Crippen molar-refractivity contribution in [2.24, 2.45) is 5.41 Å². The topological polar surface area (TPSA) is 25.8 Å². The van der Waals surface area contributed by atoms with Crippen LogP contribution in [0.15, 0.2) is 128 Å². The molecule has 2 heterocycles. The number of hydrogen-bond donors (Lipinski definition) is 0. The van der Waals surface area contributed by atoms with Crippen LogP contribution in [-0.2, 0) is 26.5 Å². The summed E-state index contributed by atoms with van der Waals surface area (Å²) in [5.74, 6) is 0. The van der Waals surface area contributed by atoms with Crippen molar-refractivity contribution in [3.05, 3.63) is 156 Å². The molecule has 0 fully saturated rings. The van der Waals surface area contributed by atoms with E-state index in [1.54, 1.807) is 0 Å². The van der Waals surface area contributed by atoms with Gasteiger partial charge in [0.25, 0.3) is 0 Å². The van der Waals surface area contributed by atoms with Crippen molar-refractivity contribution < 1.29 is 20.1 Å². The molecule has 0 aliphatic carbocycles. The van der Waals surface area contributed by atoms with Crippen LogP contribution < -0.4 is 0 Å². The summed E-state index contributed by atoms with van der Waals surface area (Å²) in [4.78, 5) is 8.95. The quantitative estimate of drug-likeness (QED) is 0.131. The Balaban J connectivity index is 0.000000234. The molecule has 0 N–H and O–H groups in total. The van der Waals surface area contributed by atoms with Crippen LogP contribution in [0.5, 0.6) is 0 Å². The Hall–Kier alpha value is -4.43. The van der Waals surface area contributed by atoms with Gasteiger partial charge in [0, 0.05) is 32.5 Å². The standard InChI is InChI=1S/C30H26N.C13H12N.Ir/c1-30(2,3)20-21-16-17-31-29(18-21)23-14-12-22(13-15-23)28-19-24-8-4-5-9-25(24)26-10-6-7-11-27(26)28;1-10-3-6-12(7-4-10)13-8-5-11(2)9-14-13;/h4-14,16-19H,20H2,1-3H3;3-6,8-9H,1-2H3;/q2*-1;. The number of pyridine rings is 2. The predicted octanol–water partition coefficient (Wildman–Crippen LogP) is 11.3. The Labute approximate surface area is 287 Å². The van der Waals surface area contributed by atoms with E-state index in [4.69, 9.17) is 0 Å². The molecule has 7 aromatic rings. The fourth-order valence-electron chi connectivity index (χ4n) is 5.68. The SMILES string of the molecule is CC(C)(C)Cc1ccnc(-c2[c-]cc(-c3cc4ccccc4c4ccccc34)cc2)c1.Cc1c[c-]c(-c2ccc(C)cn2)cc1.[Ir]. The minimum Gasteiger partial charge on any atom is -0.305 e. The smallest absolute Gasteiger partial charge is 0.0190 e. The summed E-state index contributed by atoms with van der Waals surface area (Å²) in [6.45, 7) is 10.9. The first-order valence-corrected chi connectivity index (χ1v) is 15.5. The van der Waals surface area contributed by atoms with Crippen LogP contribution in [0.4, 0.5) is 0 Å². The summed E-state index contributed by atoms with van der Waals surface area (Å²) in [6.07, 6.45) is 4.82. The van der Waals surface area contributed by atoms with Gasteiger partial charge < -0.3 is 9.97 Å². The third-order valence-electron chi connectivity index (χ3n) is 7.88. The molecule has 3 heteroatoms. The van der Waals surface area contributed by atoms with Crippen molar-refractivity contribution in [3.63, 3.8) is 0 Å². The molecule has 0 aliphatic rings. The van der Waals surface area contributed by atoms with Crippen molar-refractivity contribution in [1.29, 1.82) is 0 Å². The van der Waals surface area contributed by atoms with Crippen LogP contribution in [0.3, 0.4) is 0 Å². The molecule has 5 aromatic carbocycles. The van der Waals surface area contributed by atoms with Crippen molar-refractivity contribution in [3.8, 4) is 33.6 Å². The zero-order chi connectivity index (χ0) is 31.4. The van der Waals surface area contributed by atoms with Crippen LogP contribution in [0.25, 0.3) is 55.2 Å². The number of nitrogens with zero attached hydrogens (tertiary/aromatic N) is 2. The van der Waals surface area contributed by atoms with E-state index in [1.165, 1.54) is 49.4 Å². The zero-order valence-corrected chi connectivity index (χ0v) is 29.5. The van der Waals surface area contributed by atoms with Crippen LogP contribution in [0.1, 0.15) is 37.5 Å². The van der Waals surface area contributed by atoms with Crippen LogP contribution in [0, 0.1) is 31.4 Å². The molecule has 46 heavy (non-hydrogen) atoms. The van der Waals surface area contributed by atoms with E-state index in [9.17, 15) is 0 Å². The molecule has 0 spiro atoms. The van der Waals surface area contributed by atoms with E-state index in [1.807, 2.05) is 37.5 Å². The molecule has 231 valence electrons. The van der Waals surface area contributed by atoms with Gasteiger partial charge in [-0.25, -0.2) is 0 Å². The molecule has 2 nitrogen and oxygen atoms in total. The van der Waals surface area contributed by atoms with Crippen LogP contribution >= 0.6 is 0 Å². The Morgan fingerprint density at radius 1 is 0.609 bits per heavy atom. The van der Waals surface area contributed by atoms with Crippen molar-refractivity contribution in [2.75, 3.05) is 0 Å². The summed E-state index contributed by atoms with van der Waals surface area (Å²) in [7, 11) is 0. The van der Waals surface area contributed by atoms with Crippen LogP contribution in [-0.4, -0.2) is 9.97 Å². The third kappa shape index (κ3) is 7.85. The van der Waals surface area contributed by atoms with E-state index in [0.29, 0.717) is 0 Å². The zero-order valence-electron chi connectivity index (χ0n) is 27.1. The van der Waals surface area contributed by atoms with Gasteiger partial charge in [0.15, 0.2) is 0 Å². The van der Waals surface area contributed by atoms with E-state index in [2.05, 4.69) is 147 Å². The van der Waals surface area contributed by atoms with Gasteiger partial charge in [-0.1, -0.05) is 117 Å². The van der Waals surface area contributed by atoms with Crippen molar-refractivity contribution >= 4 is 21.5 Å². The molecule has 7 rings (SSSR count). The first-order valence-electron chi connectivity index (χ1n) is 15.5. The maximum atomic E-state index is 4.60. The third-order valence-corrected chi connectivity index (χ3v) is 7.88. The van der Waals surface area contributed by atoms with E-state index < -0.39 is 0 Å². The fraction of sp³-hybridized carbons (Fsp3) is 0.163. The number of hydrogen-bond acceptors (Lipinski definition) is 2. The average Bonchev–Trinajstić information content (AvgIpc) is 3.05. The molecule has 2 aromatic heterocycles. The summed E-state index contributed by atoms with van der Waals surface area (Å²) < 4.78 is 0. The normalized spacial score (nSPS) is 11.1. The maximum Gasteiger partial charge on any atom is 0.0190 e. The summed E-state index contributed by atoms with van der Waals surface area (Å²) in [6, 6.07) is 47.2. The maximum absolute atomic E-state index is 4.60. The van der Waals surface area contributed by atoms with Gasteiger partial charge in [-0.15, -0.1) is 65.2 Å². The van der Waals surface area contributed by atoms with Gasteiger partial charge >= 0.3 is 0 Å². The minimum atomic E-state index is 0. The molecule has 0 amide bonds. The molecular formula is C43H38IrN2-2. The van der Waals surface area contributed by atoms with Crippen molar-refractivity contribution in [2.45, 2.75) is 41.0 Å². The number of fused-ring (bicyclic) bond motifs is 3. The first kappa shape index (κ1) is 32.9. The average molecular weight is 775 g/mol. The second-order valence-corrected chi connectivity index (χ2v) is 13.0. The van der Waals surface area contributed by atoms with E-state index in [0.717, 1.165) is 28.9 Å². The second-order valence-electron chi connectivity index (χ2n) is 13.0. The minimum absolute atomic E-state index is 0. The molecule has 0 unspecified atom stereocenters. The van der Waals surface area contributed by atoms with E-state index in [-0.39, 0.29) is 25.5 Å². The molecule has 0 atom stereocenters. The van der Waals surface area contributed by atoms with Gasteiger partial charge in [-0.3, -0.25) is 0 Å². The molecule has 0 saturated carbocycles. The van der Waals surface area contributed by atoms with Gasteiger partial charge in [-0.2, -0.15) is 0 Å². The number of benzene rings is 5. The molecule has 0 saturated heterocycles. The summed E-state index contributed by atoms with van der Waals surface area (Å²) in [5.41, 5.74) is 10.4. The molecule has 0 aliphatic heterocycles. The Morgan fingerprint density at radius 3 is 1.96 bits per heavy atom. The monoisotopic (exact) mass is 775 g/mol. The Kier molecular flexibility index (Phi) is 10.3. The second kappa shape index (κ2) is 14.3. The van der Waals surface area contributed by atoms with Gasteiger partial charge in [0.2, 0.25) is 0 Å². The van der Waals surface area contributed by atoms with Gasteiger partial charge in [0.1, 0.15) is 0 Å². The number of aromatic nitrogens is 2. The summed E-state index contributed by atoms with van der Waals surface area (Å²) >= 11 is 0. The Morgan fingerprint density at radius 2 is 1.28 bits per heavy atom. The Bertz CT molecular complexity index is 2010. The van der Waals surface area contributed by atoms with E-state index >= 15 is 0 Å². The predicted molar refractivity (Wildman–Crippen MR) is 190 cm³/mol.